The van der Waals surface area contributed by atoms with Crippen molar-refractivity contribution in [2.24, 2.45) is 4.99 Å². The molecule has 31 heavy (non-hydrogen) atoms. The van der Waals surface area contributed by atoms with Crippen LogP contribution in [-0.2, 0) is 16.4 Å². The van der Waals surface area contributed by atoms with Gasteiger partial charge < -0.3 is 9.47 Å². The molecule has 160 valence electrons. The summed E-state index contributed by atoms with van der Waals surface area (Å²) in [5, 5.41) is 0. The van der Waals surface area contributed by atoms with Gasteiger partial charge in [0.1, 0.15) is 22.2 Å². The van der Waals surface area contributed by atoms with Crippen molar-refractivity contribution in [2.45, 2.75) is 11.3 Å². The third-order valence-corrected chi connectivity index (χ3v) is 6.45. The zero-order valence-corrected chi connectivity index (χ0v) is 17.9. The van der Waals surface area contributed by atoms with Gasteiger partial charge in [0.2, 0.25) is 0 Å². The number of sulfonamides is 1. The average molecular weight is 440 g/mol. The molecule has 0 bridgehead atoms. The Hall–Kier alpha value is -3.39. The number of nitrogens with zero attached hydrogens (tertiary/aromatic N) is 1. The van der Waals surface area contributed by atoms with Crippen LogP contribution in [0.3, 0.4) is 0 Å². The minimum absolute atomic E-state index is 0.0283. The summed E-state index contributed by atoms with van der Waals surface area (Å²) in [4.78, 5) is 4.53. The Morgan fingerprint density at radius 3 is 2.45 bits per heavy atom. The number of aliphatic imine (C=N–C) groups is 1. The van der Waals surface area contributed by atoms with Crippen LogP contribution in [-0.4, -0.2) is 34.9 Å². The SMILES string of the molecule is COc1ccc(OC)c(S(=O)(=O)Nc2ccc(C3=NCCc4ccc(F)cc43)cc2)c1. The molecule has 0 unspecified atom stereocenters. The van der Waals surface area contributed by atoms with Gasteiger partial charge >= 0.3 is 0 Å². The third kappa shape index (κ3) is 4.25. The van der Waals surface area contributed by atoms with E-state index < -0.39 is 10.0 Å². The molecular formula is C23H21FN2O4S. The molecule has 1 aliphatic heterocycles. The lowest BCUT2D eigenvalue weighted by atomic mass is 9.93. The Kier molecular flexibility index (Phi) is 5.65. The molecule has 0 amide bonds. The Morgan fingerprint density at radius 1 is 0.968 bits per heavy atom. The molecule has 8 heteroatoms. The number of anilines is 1. The van der Waals surface area contributed by atoms with E-state index in [4.69, 9.17) is 9.47 Å². The van der Waals surface area contributed by atoms with Gasteiger partial charge in [0, 0.05) is 29.4 Å². The fourth-order valence-electron chi connectivity index (χ4n) is 3.51. The van der Waals surface area contributed by atoms with Gasteiger partial charge in [-0.2, -0.15) is 0 Å². The van der Waals surface area contributed by atoms with E-state index in [-0.39, 0.29) is 16.5 Å². The van der Waals surface area contributed by atoms with Gasteiger partial charge in [0.15, 0.2) is 0 Å². The van der Waals surface area contributed by atoms with Crippen LogP contribution in [0.1, 0.15) is 16.7 Å². The highest BCUT2D eigenvalue weighted by atomic mass is 32.2. The summed E-state index contributed by atoms with van der Waals surface area (Å²) >= 11 is 0. The summed E-state index contributed by atoms with van der Waals surface area (Å²) in [7, 11) is -1.05. The molecule has 0 aliphatic carbocycles. The van der Waals surface area contributed by atoms with E-state index in [1.165, 1.54) is 38.5 Å². The highest BCUT2D eigenvalue weighted by Gasteiger charge is 2.21. The second-order valence-corrected chi connectivity index (χ2v) is 8.63. The molecule has 1 heterocycles. The van der Waals surface area contributed by atoms with Gasteiger partial charge in [-0.25, -0.2) is 12.8 Å². The van der Waals surface area contributed by atoms with Gasteiger partial charge in [-0.15, -0.1) is 0 Å². The summed E-state index contributed by atoms with van der Waals surface area (Å²) in [6, 6.07) is 16.1. The Bertz CT molecular complexity index is 1260. The van der Waals surface area contributed by atoms with Gasteiger partial charge in [0.25, 0.3) is 10.0 Å². The van der Waals surface area contributed by atoms with Crippen molar-refractivity contribution >= 4 is 21.4 Å². The lowest BCUT2D eigenvalue weighted by Crippen LogP contribution is -2.16. The standard InChI is InChI=1S/C23H21FN2O4S/c1-29-19-9-10-21(30-2)22(14-19)31(27,28)26-18-7-4-16(5-8-18)23-20-13-17(24)6-3-15(20)11-12-25-23/h3-10,13-14,26H,11-12H2,1-2H3. The first-order valence-electron chi connectivity index (χ1n) is 9.60. The minimum Gasteiger partial charge on any atom is -0.497 e. The third-order valence-electron chi connectivity index (χ3n) is 5.05. The number of rotatable bonds is 6. The van der Waals surface area contributed by atoms with Gasteiger partial charge in [0.05, 0.1) is 19.9 Å². The molecule has 1 N–H and O–H groups in total. The number of fused-ring (bicyclic) bond motifs is 1. The lowest BCUT2D eigenvalue weighted by Gasteiger charge is -2.18. The largest absolute Gasteiger partial charge is 0.497 e. The molecule has 0 spiro atoms. The molecule has 0 radical (unpaired) electrons. The first-order chi connectivity index (χ1) is 14.9. The molecule has 6 nitrogen and oxygen atoms in total. The van der Waals surface area contributed by atoms with Gasteiger partial charge in [-0.3, -0.25) is 9.71 Å². The summed E-state index contributed by atoms with van der Waals surface area (Å²) in [5.41, 5.74) is 3.67. The van der Waals surface area contributed by atoms with E-state index in [0.29, 0.717) is 23.7 Å². The van der Waals surface area contributed by atoms with Crippen molar-refractivity contribution in [3.8, 4) is 11.5 Å². The maximum Gasteiger partial charge on any atom is 0.265 e. The Labute approximate surface area is 180 Å². The number of hydrogen-bond donors (Lipinski definition) is 1. The normalized spacial score (nSPS) is 13.2. The lowest BCUT2D eigenvalue weighted by molar-refractivity contribution is 0.392. The number of methoxy groups -OCH3 is 2. The van der Waals surface area contributed by atoms with Crippen LogP contribution in [0.15, 0.2) is 70.6 Å². The number of nitrogens with one attached hydrogen (secondary N) is 1. The van der Waals surface area contributed by atoms with E-state index in [2.05, 4.69) is 9.71 Å². The topological polar surface area (TPSA) is 77.0 Å². The van der Waals surface area contributed by atoms with Crippen molar-refractivity contribution in [3.63, 3.8) is 0 Å². The van der Waals surface area contributed by atoms with Crippen LogP contribution in [0.2, 0.25) is 0 Å². The van der Waals surface area contributed by atoms with Crippen molar-refractivity contribution in [3.05, 3.63) is 83.2 Å². The Morgan fingerprint density at radius 2 is 1.74 bits per heavy atom. The maximum absolute atomic E-state index is 13.8. The number of halogens is 1. The molecule has 4 rings (SSSR count). The van der Waals surface area contributed by atoms with Crippen LogP contribution in [0, 0.1) is 5.82 Å². The molecule has 0 fully saturated rings. The van der Waals surface area contributed by atoms with Crippen LogP contribution in [0.25, 0.3) is 0 Å². The quantitative estimate of drug-likeness (QED) is 0.628. The zero-order valence-electron chi connectivity index (χ0n) is 17.1. The highest BCUT2D eigenvalue weighted by molar-refractivity contribution is 7.92. The molecule has 0 saturated carbocycles. The average Bonchev–Trinajstić information content (AvgIpc) is 2.78. The van der Waals surface area contributed by atoms with E-state index >= 15 is 0 Å². The number of benzene rings is 3. The van der Waals surface area contributed by atoms with E-state index in [1.54, 1.807) is 36.4 Å². The highest BCUT2D eigenvalue weighted by Crippen LogP contribution is 2.30. The second kappa shape index (κ2) is 8.39. The molecular weight excluding hydrogens is 419 g/mol. The van der Waals surface area contributed by atoms with Gasteiger partial charge in [-0.05, 0) is 48.4 Å². The summed E-state index contributed by atoms with van der Waals surface area (Å²) in [5.74, 6) is 0.294. The fraction of sp³-hybridized carbons (Fsp3) is 0.174. The molecule has 3 aromatic rings. The predicted molar refractivity (Wildman–Crippen MR) is 117 cm³/mol. The van der Waals surface area contributed by atoms with Crippen molar-refractivity contribution in [1.82, 2.24) is 0 Å². The van der Waals surface area contributed by atoms with Crippen LogP contribution in [0.4, 0.5) is 10.1 Å². The van der Waals surface area contributed by atoms with E-state index in [1.807, 2.05) is 0 Å². The summed E-state index contributed by atoms with van der Waals surface area (Å²) < 4.78 is 52.5. The predicted octanol–water partition coefficient (Wildman–Crippen LogP) is 4.04. The number of hydrogen-bond acceptors (Lipinski definition) is 5. The smallest absolute Gasteiger partial charge is 0.265 e. The van der Waals surface area contributed by atoms with Crippen molar-refractivity contribution < 1.29 is 22.3 Å². The van der Waals surface area contributed by atoms with Gasteiger partial charge in [-0.1, -0.05) is 18.2 Å². The summed E-state index contributed by atoms with van der Waals surface area (Å²) in [6.45, 7) is 0.623. The molecule has 0 saturated heterocycles. The minimum atomic E-state index is -3.92. The first kappa shape index (κ1) is 20.9. The van der Waals surface area contributed by atoms with Crippen LogP contribution in [0.5, 0.6) is 11.5 Å². The van der Waals surface area contributed by atoms with Crippen LogP contribution >= 0.6 is 0 Å². The molecule has 0 atom stereocenters. The number of ether oxygens (including phenoxy) is 2. The molecule has 1 aliphatic rings. The van der Waals surface area contributed by atoms with Crippen LogP contribution < -0.4 is 14.2 Å². The van der Waals surface area contributed by atoms with Crippen molar-refractivity contribution in [2.75, 3.05) is 25.5 Å². The maximum atomic E-state index is 13.8. The second-order valence-electron chi connectivity index (χ2n) is 6.98. The zero-order chi connectivity index (χ0) is 22.0. The Balaban J connectivity index is 1.62. The first-order valence-corrected chi connectivity index (χ1v) is 11.1. The molecule has 0 aromatic heterocycles. The van der Waals surface area contributed by atoms with E-state index in [9.17, 15) is 12.8 Å². The fourth-order valence-corrected chi connectivity index (χ4v) is 4.75. The monoisotopic (exact) mass is 440 g/mol. The van der Waals surface area contributed by atoms with Crippen molar-refractivity contribution in [1.29, 1.82) is 0 Å². The summed E-state index contributed by atoms with van der Waals surface area (Å²) in [6.07, 6.45) is 0.763. The molecule has 3 aromatic carbocycles. The van der Waals surface area contributed by atoms with E-state index in [0.717, 1.165) is 23.1 Å².